The Kier molecular flexibility index (Phi) is 6.49. The molecule has 0 aliphatic heterocycles. The molecule has 1 saturated carbocycles. The highest BCUT2D eigenvalue weighted by Crippen LogP contribution is 2.27. The number of aryl methyl sites for hydroxylation is 2. The normalized spacial score (nSPS) is 15.1. The van der Waals surface area contributed by atoms with Gasteiger partial charge in [0.1, 0.15) is 0 Å². The van der Waals surface area contributed by atoms with Crippen LogP contribution in [0.2, 0.25) is 0 Å². The minimum atomic E-state index is 0.560. The fourth-order valence-electron chi connectivity index (χ4n) is 3.71. The zero-order valence-electron chi connectivity index (χ0n) is 15.3. The molecule has 0 radical (unpaired) electrons. The lowest BCUT2D eigenvalue weighted by Crippen LogP contribution is -2.43. The van der Waals surface area contributed by atoms with Crippen LogP contribution in [0.25, 0.3) is 0 Å². The van der Waals surface area contributed by atoms with Crippen LogP contribution in [0.1, 0.15) is 55.0 Å². The fourth-order valence-corrected chi connectivity index (χ4v) is 4.73. The summed E-state index contributed by atoms with van der Waals surface area (Å²) in [5, 5.41) is 6.63. The third kappa shape index (κ3) is 4.62. The summed E-state index contributed by atoms with van der Waals surface area (Å²) in [4.78, 5) is 3.82. The Balaban J connectivity index is 1.81. The highest BCUT2D eigenvalue weighted by atomic mass is 32.1. The molecule has 25 heavy (non-hydrogen) atoms. The van der Waals surface area contributed by atoms with Crippen LogP contribution in [0.15, 0.2) is 35.7 Å². The van der Waals surface area contributed by atoms with E-state index in [4.69, 9.17) is 12.2 Å². The lowest BCUT2D eigenvalue weighted by atomic mass is 9.94. The van der Waals surface area contributed by atoms with Crippen molar-refractivity contribution in [1.29, 1.82) is 0 Å². The Hall–Kier alpha value is -1.39. The Morgan fingerprint density at radius 2 is 2.00 bits per heavy atom. The summed E-state index contributed by atoms with van der Waals surface area (Å²) in [6.07, 6.45) is 7.52. The zero-order chi connectivity index (χ0) is 17.6. The van der Waals surface area contributed by atoms with Gasteiger partial charge in [0.2, 0.25) is 0 Å². The van der Waals surface area contributed by atoms with Crippen LogP contribution in [-0.2, 0) is 13.0 Å². The minimum Gasteiger partial charge on any atom is -0.341 e. The maximum Gasteiger partial charge on any atom is 0.174 e. The number of thiophene rings is 1. The van der Waals surface area contributed by atoms with E-state index in [2.05, 4.69) is 59.8 Å². The van der Waals surface area contributed by atoms with Gasteiger partial charge in [-0.05, 0) is 61.0 Å². The third-order valence-electron chi connectivity index (χ3n) is 5.15. The second kappa shape index (κ2) is 8.81. The van der Waals surface area contributed by atoms with Crippen LogP contribution in [0, 0.1) is 6.92 Å². The van der Waals surface area contributed by atoms with Crippen LogP contribution in [0.3, 0.4) is 0 Å². The molecule has 1 aliphatic carbocycles. The second-order valence-electron chi connectivity index (χ2n) is 6.89. The molecule has 1 fully saturated rings. The van der Waals surface area contributed by atoms with E-state index in [-0.39, 0.29) is 0 Å². The van der Waals surface area contributed by atoms with Gasteiger partial charge in [0.15, 0.2) is 5.11 Å². The molecule has 0 unspecified atom stereocenters. The number of rotatable bonds is 5. The van der Waals surface area contributed by atoms with Gasteiger partial charge in [-0.1, -0.05) is 50.5 Å². The lowest BCUT2D eigenvalue weighted by Gasteiger charge is -2.36. The highest BCUT2D eigenvalue weighted by Gasteiger charge is 2.24. The summed E-state index contributed by atoms with van der Waals surface area (Å²) < 4.78 is 0. The number of anilines is 1. The Morgan fingerprint density at radius 3 is 2.68 bits per heavy atom. The molecule has 2 nitrogen and oxygen atoms in total. The largest absolute Gasteiger partial charge is 0.341 e. The predicted octanol–water partition coefficient (Wildman–Crippen LogP) is 6.15. The van der Waals surface area contributed by atoms with Crippen molar-refractivity contribution in [2.45, 2.75) is 65.0 Å². The van der Waals surface area contributed by atoms with Crippen LogP contribution in [0.4, 0.5) is 5.69 Å². The number of benzene rings is 1. The molecule has 0 spiro atoms. The van der Waals surface area contributed by atoms with Crippen molar-refractivity contribution < 1.29 is 0 Å². The van der Waals surface area contributed by atoms with Gasteiger partial charge in [-0.15, -0.1) is 11.3 Å². The average Bonchev–Trinajstić information content (AvgIpc) is 3.15. The molecule has 3 rings (SSSR count). The first-order valence-electron chi connectivity index (χ1n) is 9.37. The van der Waals surface area contributed by atoms with Crippen molar-refractivity contribution in [3.05, 3.63) is 51.7 Å². The molecule has 1 aliphatic rings. The maximum absolute atomic E-state index is 5.90. The van der Waals surface area contributed by atoms with Gasteiger partial charge in [0.25, 0.3) is 0 Å². The predicted molar refractivity (Wildman–Crippen MR) is 114 cm³/mol. The van der Waals surface area contributed by atoms with Gasteiger partial charge < -0.3 is 10.2 Å². The van der Waals surface area contributed by atoms with Crippen LogP contribution < -0.4 is 5.32 Å². The van der Waals surface area contributed by atoms with Crippen molar-refractivity contribution in [2.24, 2.45) is 0 Å². The SMILES string of the molecule is CCc1cccc(C)c1NC(=S)N(Cc1cccs1)C1CCCCC1. The molecule has 0 saturated heterocycles. The van der Waals surface area contributed by atoms with Crippen molar-refractivity contribution in [2.75, 3.05) is 5.32 Å². The zero-order valence-corrected chi connectivity index (χ0v) is 16.9. The second-order valence-corrected chi connectivity index (χ2v) is 8.31. The number of hydrogen-bond acceptors (Lipinski definition) is 2. The molecule has 1 aromatic heterocycles. The first kappa shape index (κ1) is 18.4. The van der Waals surface area contributed by atoms with E-state index in [1.807, 2.05) is 11.3 Å². The van der Waals surface area contributed by atoms with E-state index in [0.717, 1.165) is 18.1 Å². The first-order chi connectivity index (χ1) is 12.2. The number of thiocarbonyl (C=S) groups is 1. The summed E-state index contributed by atoms with van der Waals surface area (Å²) in [5.74, 6) is 0. The topological polar surface area (TPSA) is 15.3 Å². The van der Waals surface area contributed by atoms with Gasteiger partial charge in [0, 0.05) is 16.6 Å². The van der Waals surface area contributed by atoms with Gasteiger partial charge in [-0.25, -0.2) is 0 Å². The van der Waals surface area contributed by atoms with Gasteiger partial charge in [0.05, 0.1) is 6.54 Å². The van der Waals surface area contributed by atoms with Gasteiger partial charge >= 0.3 is 0 Å². The van der Waals surface area contributed by atoms with Crippen LogP contribution in [0.5, 0.6) is 0 Å². The number of nitrogens with one attached hydrogen (secondary N) is 1. The maximum atomic E-state index is 5.90. The molecule has 2 aromatic rings. The van der Waals surface area contributed by atoms with E-state index >= 15 is 0 Å². The summed E-state index contributed by atoms with van der Waals surface area (Å²) in [6, 6.07) is 11.4. The molecule has 0 atom stereocenters. The van der Waals surface area contributed by atoms with Crippen molar-refractivity contribution in [3.63, 3.8) is 0 Å². The Labute approximate surface area is 161 Å². The van der Waals surface area contributed by atoms with E-state index < -0.39 is 0 Å². The van der Waals surface area contributed by atoms with Gasteiger partial charge in [-0.2, -0.15) is 0 Å². The Bertz CT molecular complexity index is 688. The van der Waals surface area contributed by atoms with Crippen LogP contribution in [-0.4, -0.2) is 16.1 Å². The first-order valence-corrected chi connectivity index (χ1v) is 10.7. The molecule has 1 aromatic carbocycles. The van der Waals surface area contributed by atoms with Crippen LogP contribution >= 0.6 is 23.6 Å². The average molecular weight is 373 g/mol. The van der Waals surface area contributed by atoms with Crippen molar-refractivity contribution in [1.82, 2.24) is 4.90 Å². The summed E-state index contributed by atoms with van der Waals surface area (Å²) in [7, 11) is 0. The Morgan fingerprint density at radius 1 is 1.20 bits per heavy atom. The standard InChI is InChI=1S/C21H28N2S2/c1-3-17-10-7-9-16(2)20(17)22-21(24)23(15-19-13-8-14-25-19)18-11-5-4-6-12-18/h7-10,13-14,18H,3-6,11-12,15H2,1-2H3,(H,22,24). The summed E-state index contributed by atoms with van der Waals surface area (Å²) in [6.45, 7) is 5.28. The van der Waals surface area contributed by atoms with E-state index in [1.165, 1.54) is 53.8 Å². The lowest BCUT2D eigenvalue weighted by molar-refractivity contribution is 0.242. The molecule has 1 N–H and O–H groups in total. The smallest absolute Gasteiger partial charge is 0.174 e. The van der Waals surface area contributed by atoms with E-state index in [9.17, 15) is 0 Å². The van der Waals surface area contributed by atoms with Gasteiger partial charge in [-0.3, -0.25) is 0 Å². The summed E-state index contributed by atoms with van der Waals surface area (Å²) in [5.41, 5.74) is 3.80. The number of nitrogens with zero attached hydrogens (tertiary/aromatic N) is 1. The molecule has 134 valence electrons. The van der Waals surface area contributed by atoms with E-state index in [1.54, 1.807) is 0 Å². The fraction of sp³-hybridized carbons (Fsp3) is 0.476. The highest BCUT2D eigenvalue weighted by molar-refractivity contribution is 7.80. The number of hydrogen-bond donors (Lipinski definition) is 1. The molecular formula is C21H28N2S2. The number of para-hydroxylation sites is 1. The summed E-state index contributed by atoms with van der Waals surface area (Å²) >= 11 is 7.72. The molecule has 0 bridgehead atoms. The van der Waals surface area contributed by atoms with E-state index in [0.29, 0.717) is 6.04 Å². The molecule has 4 heteroatoms. The molecular weight excluding hydrogens is 344 g/mol. The quantitative estimate of drug-likeness (QED) is 0.634. The third-order valence-corrected chi connectivity index (χ3v) is 6.35. The van der Waals surface area contributed by atoms with Crippen molar-refractivity contribution >= 4 is 34.4 Å². The molecule has 1 heterocycles. The minimum absolute atomic E-state index is 0.560. The monoisotopic (exact) mass is 372 g/mol. The van der Waals surface area contributed by atoms with Crippen molar-refractivity contribution in [3.8, 4) is 0 Å². The molecule has 0 amide bonds.